The predicted octanol–water partition coefficient (Wildman–Crippen LogP) is 3.38. The van der Waals surface area contributed by atoms with Gasteiger partial charge in [0.1, 0.15) is 18.0 Å². The van der Waals surface area contributed by atoms with Gasteiger partial charge in [0.25, 0.3) is 5.91 Å². The molecule has 1 aliphatic rings. The van der Waals surface area contributed by atoms with Gasteiger partial charge in [-0.2, -0.15) is 0 Å². The summed E-state index contributed by atoms with van der Waals surface area (Å²) in [6, 6.07) is 13.5. The lowest BCUT2D eigenvalue weighted by molar-refractivity contribution is -0.127. The minimum Gasteiger partial charge on any atom is -0.494 e. The van der Waals surface area contributed by atoms with Crippen molar-refractivity contribution in [1.82, 2.24) is 10.2 Å². The number of carbonyl (C=O) groups is 3. The number of urea groups is 1. The SMILES string of the molecule is CCOc1ccc(NC(=O)CN2C(=O)N/C(=C\c3cccc(Br)c3)C2=O)cc1. The van der Waals surface area contributed by atoms with Gasteiger partial charge in [-0.3, -0.25) is 9.59 Å². The maximum atomic E-state index is 12.5. The van der Waals surface area contributed by atoms with Crippen LogP contribution in [0.15, 0.2) is 58.7 Å². The number of nitrogens with one attached hydrogen (secondary N) is 2. The lowest BCUT2D eigenvalue weighted by Gasteiger charge is -2.12. The molecule has 0 bridgehead atoms. The predicted molar refractivity (Wildman–Crippen MR) is 109 cm³/mol. The average molecular weight is 444 g/mol. The number of amides is 4. The largest absolute Gasteiger partial charge is 0.494 e. The lowest BCUT2D eigenvalue weighted by atomic mass is 10.2. The van der Waals surface area contributed by atoms with Crippen molar-refractivity contribution in [2.45, 2.75) is 6.92 Å². The van der Waals surface area contributed by atoms with E-state index in [4.69, 9.17) is 4.74 Å². The van der Waals surface area contributed by atoms with Crippen molar-refractivity contribution in [3.05, 3.63) is 64.3 Å². The van der Waals surface area contributed by atoms with E-state index in [-0.39, 0.29) is 12.2 Å². The maximum absolute atomic E-state index is 12.5. The van der Waals surface area contributed by atoms with Crippen LogP contribution >= 0.6 is 15.9 Å². The van der Waals surface area contributed by atoms with Crippen LogP contribution in [0, 0.1) is 0 Å². The first-order valence-corrected chi connectivity index (χ1v) is 9.38. The van der Waals surface area contributed by atoms with Crippen LogP contribution in [0.5, 0.6) is 5.75 Å². The highest BCUT2D eigenvalue weighted by atomic mass is 79.9. The second kappa shape index (κ2) is 8.71. The molecule has 1 fully saturated rings. The molecule has 7 nitrogen and oxygen atoms in total. The average Bonchev–Trinajstić information content (AvgIpc) is 2.91. The Morgan fingerprint density at radius 1 is 1.21 bits per heavy atom. The number of ether oxygens (including phenoxy) is 1. The van der Waals surface area contributed by atoms with E-state index in [1.807, 2.05) is 25.1 Å². The molecule has 28 heavy (non-hydrogen) atoms. The van der Waals surface area contributed by atoms with Crippen molar-refractivity contribution in [3.63, 3.8) is 0 Å². The van der Waals surface area contributed by atoms with E-state index in [2.05, 4.69) is 26.6 Å². The second-order valence-corrected chi connectivity index (χ2v) is 6.86. The summed E-state index contributed by atoms with van der Waals surface area (Å²) in [5, 5.41) is 5.16. The summed E-state index contributed by atoms with van der Waals surface area (Å²) in [6.07, 6.45) is 1.56. The second-order valence-electron chi connectivity index (χ2n) is 5.94. The number of nitrogens with zero attached hydrogens (tertiary/aromatic N) is 1. The number of anilines is 1. The molecule has 0 aromatic heterocycles. The van der Waals surface area contributed by atoms with Gasteiger partial charge in [-0.05, 0) is 55.0 Å². The number of hydrogen-bond acceptors (Lipinski definition) is 4. The fraction of sp³-hybridized carbons (Fsp3) is 0.150. The zero-order valence-electron chi connectivity index (χ0n) is 15.1. The molecule has 0 radical (unpaired) electrons. The van der Waals surface area contributed by atoms with Gasteiger partial charge in [0.2, 0.25) is 5.91 Å². The van der Waals surface area contributed by atoms with Gasteiger partial charge >= 0.3 is 6.03 Å². The van der Waals surface area contributed by atoms with Crippen LogP contribution in [0.2, 0.25) is 0 Å². The van der Waals surface area contributed by atoms with Gasteiger partial charge in [0.15, 0.2) is 0 Å². The van der Waals surface area contributed by atoms with Crippen LogP contribution in [0.25, 0.3) is 6.08 Å². The van der Waals surface area contributed by atoms with Gasteiger partial charge < -0.3 is 15.4 Å². The Morgan fingerprint density at radius 2 is 1.96 bits per heavy atom. The van der Waals surface area contributed by atoms with Gasteiger partial charge in [-0.1, -0.05) is 28.1 Å². The van der Waals surface area contributed by atoms with Crippen LogP contribution in [-0.2, 0) is 9.59 Å². The molecule has 0 aliphatic carbocycles. The minimum absolute atomic E-state index is 0.122. The molecule has 2 N–H and O–H groups in total. The molecule has 2 aromatic rings. The van der Waals surface area contributed by atoms with E-state index in [0.717, 1.165) is 14.9 Å². The highest BCUT2D eigenvalue weighted by Crippen LogP contribution is 2.18. The smallest absolute Gasteiger partial charge is 0.329 e. The quantitative estimate of drug-likeness (QED) is 0.529. The molecule has 0 spiro atoms. The van der Waals surface area contributed by atoms with E-state index in [1.54, 1.807) is 36.4 Å². The molecule has 4 amide bonds. The van der Waals surface area contributed by atoms with E-state index in [9.17, 15) is 14.4 Å². The summed E-state index contributed by atoms with van der Waals surface area (Å²) in [4.78, 5) is 37.7. The van der Waals surface area contributed by atoms with Crippen molar-refractivity contribution in [2.24, 2.45) is 0 Å². The molecule has 2 aromatic carbocycles. The Kier molecular flexibility index (Phi) is 6.10. The highest BCUT2D eigenvalue weighted by molar-refractivity contribution is 9.10. The maximum Gasteiger partial charge on any atom is 0.329 e. The number of benzene rings is 2. The van der Waals surface area contributed by atoms with Crippen molar-refractivity contribution < 1.29 is 19.1 Å². The molecule has 0 atom stereocenters. The zero-order valence-corrected chi connectivity index (χ0v) is 16.7. The molecule has 1 saturated heterocycles. The van der Waals surface area contributed by atoms with E-state index < -0.39 is 17.8 Å². The molecule has 1 heterocycles. The Labute approximate surface area is 170 Å². The summed E-state index contributed by atoms with van der Waals surface area (Å²) in [5.74, 6) is -0.333. The molecular formula is C20H18BrN3O4. The topological polar surface area (TPSA) is 87.7 Å². The van der Waals surface area contributed by atoms with Crippen LogP contribution in [0.4, 0.5) is 10.5 Å². The van der Waals surface area contributed by atoms with Gasteiger partial charge in [-0.15, -0.1) is 0 Å². The van der Waals surface area contributed by atoms with Crippen LogP contribution < -0.4 is 15.4 Å². The monoisotopic (exact) mass is 443 g/mol. The van der Waals surface area contributed by atoms with E-state index in [1.165, 1.54) is 0 Å². The van der Waals surface area contributed by atoms with Crippen molar-refractivity contribution in [2.75, 3.05) is 18.5 Å². The molecule has 0 unspecified atom stereocenters. The van der Waals surface area contributed by atoms with E-state index in [0.29, 0.717) is 18.0 Å². The third-order valence-electron chi connectivity index (χ3n) is 3.87. The van der Waals surface area contributed by atoms with Crippen molar-refractivity contribution >= 4 is 45.5 Å². The van der Waals surface area contributed by atoms with E-state index >= 15 is 0 Å². The van der Waals surface area contributed by atoms with Crippen LogP contribution in [-0.4, -0.2) is 35.9 Å². The molecule has 3 rings (SSSR count). The van der Waals surface area contributed by atoms with Crippen molar-refractivity contribution in [3.8, 4) is 5.75 Å². The lowest BCUT2D eigenvalue weighted by Crippen LogP contribution is -2.38. The Hall–Kier alpha value is -3.13. The van der Waals surface area contributed by atoms with Crippen LogP contribution in [0.1, 0.15) is 12.5 Å². The molecule has 144 valence electrons. The van der Waals surface area contributed by atoms with Crippen LogP contribution in [0.3, 0.4) is 0 Å². The molecule has 0 saturated carbocycles. The highest BCUT2D eigenvalue weighted by Gasteiger charge is 2.34. The summed E-state index contributed by atoms with van der Waals surface area (Å²) in [7, 11) is 0. The van der Waals surface area contributed by atoms with Gasteiger partial charge in [0.05, 0.1) is 6.61 Å². The Balaban J connectivity index is 1.64. The van der Waals surface area contributed by atoms with Crippen molar-refractivity contribution in [1.29, 1.82) is 0 Å². The fourth-order valence-electron chi connectivity index (χ4n) is 2.62. The molecule has 1 aliphatic heterocycles. The number of carbonyl (C=O) groups excluding carboxylic acids is 3. The minimum atomic E-state index is -0.631. The number of halogens is 1. The number of imide groups is 1. The first kappa shape index (κ1) is 19.6. The fourth-order valence-corrected chi connectivity index (χ4v) is 3.04. The first-order valence-electron chi connectivity index (χ1n) is 8.59. The Morgan fingerprint density at radius 3 is 2.64 bits per heavy atom. The van der Waals surface area contributed by atoms with Gasteiger partial charge in [0, 0.05) is 10.2 Å². The van der Waals surface area contributed by atoms with Gasteiger partial charge in [-0.25, -0.2) is 9.69 Å². The standard InChI is InChI=1S/C20H18BrN3O4/c1-2-28-16-8-6-15(7-9-16)22-18(25)12-24-19(26)17(23-20(24)27)11-13-4-3-5-14(21)10-13/h3-11H,2,12H2,1H3,(H,22,25)(H,23,27)/b17-11-. The third-order valence-corrected chi connectivity index (χ3v) is 4.37. The summed E-state index contributed by atoms with van der Waals surface area (Å²) in [5.41, 5.74) is 1.42. The number of hydrogen-bond donors (Lipinski definition) is 2. The normalized spacial score (nSPS) is 14.9. The molecular weight excluding hydrogens is 426 g/mol. The summed E-state index contributed by atoms with van der Waals surface area (Å²) >= 11 is 3.35. The summed E-state index contributed by atoms with van der Waals surface area (Å²) < 4.78 is 6.19. The Bertz CT molecular complexity index is 941. The zero-order chi connectivity index (χ0) is 20.1. The first-order chi connectivity index (χ1) is 13.5. The number of rotatable bonds is 6. The third kappa shape index (κ3) is 4.77. The molecule has 8 heteroatoms. The summed E-state index contributed by atoms with van der Waals surface area (Å²) in [6.45, 7) is 2.05.